The summed E-state index contributed by atoms with van der Waals surface area (Å²) in [6.45, 7) is 8.91. The summed E-state index contributed by atoms with van der Waals surface area (Å²) in [5.74, 6) is -0.271. The predicted molar refractivity (Wildman–Crippen MR) is 169 cm³/mol. The van der Waals surface area contributed by atoms with E-state index < -0.39 is 15.9 Å². The molecule has 234 valence electrons. The van der Waals surface area contributed by atoms with Crippen LogP contribution in [0.5, 0.6) is 5.88 Å². The summed E-state index contributed by atoms with van der Waals surface area (Å²) in [6.07, 6.45) is 3.37. The minimum absolute atomic E-state index is 0.0547. The molecule has 12 nitrogen and oxygen atoms in total. The van der Waals surface area contributed by atoms with E-state index in [1.807, 2.05) is 62.7 Å². The minimum atomic E-state index is -3.90. The lowest BCUT2D eigenvalue weighted by molar-refractivity contribution is 0.0884. The van der Waals surface area contributed by atoms with E-state index in [4.69, 9.17) is 10.5 Å². The maximum absolute atomic E-state index is 13.9. The van der Waals surface area contributed by atoms with E-state index in [9.17, 15) is 13.2 Å². The number of hydrogen-bond donors (Lipinski definition) is 1. The van der Waals surface area contributed by atoms with Crippen molar-refractivity contribution >= 4 is 32.8 Å². The number of benzene rings is 2. The van der Waals surface area contributed by atoms with Crippen molar-refractivity contribution in [2.75, 3.05) is 12.3 Å². The second-order valence-electron chi connectivity index (χ2n) is 11.3. The number of nitrogens with two attached hydrogens (primary N) is 1. The highest BCUT2D eigenvalue weighted by Crippen LogP contribution is 2.36. The molecule has 3 aromatic heterocycles. The van der Waals surface area contributed by atoms with Crippen molar-refractivity contribution in [3.63, 3.8) is 0 Å². The van der Waals surface area contributed by atoms with Crippen LogP contribution in [0.4, 0.5) is 5.82 Å². The molecule has 0 saturated carbocycles. The lowest BCUT2D eigenvalue weighted by atomic mass is 9.84. The number of carbonyl (C=O) groups excluding carboxylic acids is 1. The van der Waals surface area contributed by atoms with Crippen molar-refractivity contribution in [3.8, 4) is 5.88 Å². The molecular weight excluding hydrogens is 592 g/mol. The number of ether oxygens (including phenoxy) is 1. The van der Waals surface area contributed by atoms with E-state index in [0.717, 1.165) is 38.9 Å². The number of nitrogens with zero attached hydrogens (tertiary/aromatic N) is 7. The molecular formula is C32H36N8O4S. The van der Waals surface area contributed by atoms with Crippen molar-refractivity contribution in [1.29, 1.82) is 0 Å². The van der Waals surface area contributed by atoms with Gasteiger partial charge in [0.1, 0.15) is 22.3 Å². The van der Waals surface area contributed by atoms with Crippen LogP contribution in [-0.4, -0.2) is 61.0 Å². The first kappa shape index (κ1) is 30.4. The lowest BCUT2D eigenvalue weighted by Crippen LogP contribution is -2.36. The summed E-state index contributed by atoms with van der Waals surface area (Å²) in [6, 6.07) is 14.7. The Morgan fingerprint density at radius 2 is 1.93 bits per heavy atom. The number of carbonyl (C=O) groups is 1. The first-order chi connectivity index (χ1) is 21.6. The molecule has 0 radical (unpaired) electrons. The zero-order valence-corrected chi connectivity index (χ0v) is 26.5. The number of pyridine rings is 1. The summed E-state index contributed by atoms with van der Waals surface area (Å²) in [5, 5.41) is 12.9. The van der Waals surface area contributed by atoms with E-state index in [1.165, 1.54) is 27.4 Å². The Balaban J connectivity index is 1.43. The molecule has 45 heavy (non-hydrogen) atoms. The van der Waals surface area contributed by atoms with Gasteiger partial charge >= 0.3 is 0 Å². The van der Waals surface area contributed by atoms with Gasteiger partial charge < -0.3 is 10.5 Å². The summed E-state index contributed by atoms with van der Waals surface area (Å²) >= 11 is 0. The van der Waals surface area contributed by atoms with Gasteiger partial charge in [-0.25, -0.2) is 18.1 Å². The number of aryl methyl sites for hydroxylation is 3. The Bertz CT molecular complexity index is 2000. The molecule has 13 heteroatoms. The van der Waals surface area contributed by atoms with Gasteiger partial charge in [-0.2, -0.15) is 14.1 Å². The van der Waals surface area contributed by atoms with Crippen LogP contribution in [0.3, 0.4) is 0 Å². The van der Waals surface area contributed by atoms with Crippen LogP contribution >= 0.6 is 0 Å². The van der Waals surface area contributed by atoms with Crippen LogP contribution in [-0.2, 0) is 23.1 Å². The number of fused-ring (bicyclic) bond motifs is 2. The van der Waals surface area contributed by atoms with Gasteiger partial charge in [-0.05, 0) is 73.2 Å². The monoisotopic (exact) mass is 628 g/mol. The molecule has 0 fully saturated rings. The molecule has 0 unspecified atom stereocenters. The number of anilines is 1. The largest absolute Gasteiger partial charge is 0.472 e. The molecule has 2 N–H and O–H groups in total. The number of nitrogen functional groups attached to an aromatic ring is 1. The van der Waals surface area contributed by atoms with E-state index >= 15 is 0 Å². The Kier molecular flexibility index (Phi) is 8.14. The van der Waals surface area contributed by atoms with Crippen LogP contribution in [0.25, 0.3) is 11.0 Å². The molecule has 0 spiro atoms. The summed E-state index contributed by atoms with van der Waals surface area (Å²) < 4.78 is 38.3. The average Bonchev–Trinajstić information content (AvgIpc) is 3.64. The maximum Gasteiger partial charge on any atom is 0.249 e. The average molecular weight is 629 g/mol. The third-order valence-electron chi connectivity index (χ3n) is 8.56. The van der Waals surface area contributed by atoms with E-state index in [0.29, 0.717) is 13.0 Å². The van der Waals surface area contributed by atoms with Crippen LogP contribution < -0.4 is 10.5 Å². The molecule has 1 aliphatic heterocycles. The minimum Gasteiger partial charge on any atom is -0.472 e. The highest BCUT2D eigenvalue weighted by molar-refractivity contribution is 7.89. The van der Waals surface area contributed by atoms with Crippen molar-refractivity contribution in [3.05, 3.63) is 88.7 Å². The fraction of sp³-hybridized carbons (Fsp3) is 0.344. The topological polar surface area (TPSA) is 151 Å². The summed E-state index contributed by atoms with van der Waals surface area (Å²) in [7, 11) is -3.90. The molecule has 2 aromatic carbocycles. The zero-order chi connectivity index (χ0) is 31.9. The third-order valence-corrected chi connectivity index (χ3v) is 10.4. The van der Waals surface area contributed by atoms with Crippen molar-refractivity contribution in [2.45, 2.75) is 70.5 Å². The quantitative estimate of drug-likeness (QED) is 0.263. The highest BCUT2D eigenvalue weighted by atomic mass is 32.2. The second kappa shape index (κ2) is 12.1. The standard InChI is InChI=1S/C32H36N8O4S/c1-5-24-19-38(45(42,43)28-8-7-14-34-32(28)44-24)18-23-16-22(10-9-20(23)3)26(17-30(41)40-29(33)13-15-35-40)25-11-12-27-31(21(25)4)36-37-39(27)6-2/h7-16,24,26H,5-6,17-19,33H2,1-4H3/t24-,26+/m1/s1. The molecule has 1 aliphatic rings. The van der Waals surface area contributed by atoms with E-state index in [1.54, 1.807) is 12.1 Å². The van der Waals surface area contributed by atoms with E-state index in [-0.39, 0.29) is 48.1 Å². The fourth-order valence-corrected chi connectivity index (χ4v) is 7.46. The van der Waals surface area contributed by atoms with Crippen molar-refractivity contribution < 1.29 is 17.9 Å². The van der Waals surface area contributed by atoms with Gasteiger partial charge in [0, 0.05) is 37.7 Å². The smallest absolute Gasteiger partial charge is 0.249 e. The molecule has 0 bridgehead atoms. The van der Waals surface area contributed by atoms with Gasteiger partial charge in [0.15, 0.2) is 0 Å². The van der Waals surface area contributed by atoms with Gasteiger partial charge in [0.2, 0.25) is 21.8 Å². The Hall–Kier alpha value is -4.62. The lowest BCUT2D eigenvalue weighted by Gasteiger charge is -2.25. The van der Waals surface area contributed by atoms with Gasteiger partial charge in [0.05, 0.1) is 18.3 Å². The van der Waals surface area contributed by atoms with Gasteiger partial charge in [-0.15, -0.1) is 5.10 Å². The molecule has 4 heterocycles. The summed E-state index contributed by atoms with van der Waals surface area (Å²) in [5.41, 5.74) is 12.2. The van der Waals surface area contributed by atoms with Gasteiger partial charge in [-0.1, -0.05) is 36.4 Å². The van der Waals surface area contributed by atoms with E-state index in [2.05, 4.69) is 20.4 Å². The predicted octanol–water partition coefficient (Wildman–Crippen LogP) is 4.47. The first-order valence-corrected chi connectivity index (χ1v) is 16.4. The van der Waals surface area contributed by atoms with Crippen LogP contribution in [0.15, 0.2) is 65.8 Å². The zero-order valence-electron chi connectivity index (χ0n) is 25.7. The maximum atomic E-state index is 13.9. The molecule has 2 atom stereocenters. The summed E-state index contributed by atoms with van der Waals surface area (Å²) in [4.78, 5) is 17.8. The number of aromatic nitrogens is 6. The molecule has 6 rings (SSSR count). The van der Waals surface area contributed by atoms with Crippen LogP contribution in [0.2, 0.25) is 0 Å². The Labute approximate surface area is 261 Å². The number of sulfonamides is 1. The molecule has 0 amide bonds. The SMILES string of the molecule is CC[C@@H]1CN(Cc2cc([C@H](CC(=O)n3nccc3N)c3ccc4c(nnn4CC)c3C)ccc2C)S(=O)(=O)c2cccnc2O1. The third kappa shape index (κ3) is 5.57. The Morgan fingerprint density at radius 1 is 1.11 bits per heavy atom. The van der Waals surface area contributed by atoms with Crippen LogP contribution in [0.1, 0.15) is 65.2 Å². The van der Waals surface area contributed by atoms with Crippen molar-refractivity contribution in [1.82, 2.24) is 34.1 Å². The normalized spacial score (nSPS) is 17.0. The molecule has 5 aromatic rings. The second-order valence-corrected chi connectivity index (χ2v) is 13.2. The van der Waals surface area contributed by atoms with Crippen molar-refractivity contribution in [2.24, 2.45) is 0 Å². The molecule has 0 saturated heterocycles. The Morgan fingerprint density at radius 3 is 2.67 bits per heavy atom. The first-order valence-electron chi connectivity index (χ1n) is 15.0. The number of rotatable bonds is 8. The highest BCUT2D eigenvalue weighted by Gasteiger charge is 2.35. The van der Waals surface area contributed by atoms with Gasteiger partial charge in [0.25, 0.3) is 0 Å². The molecule has 0 aliphatic carbocycles. The van der Waals surface area contributed by atoms with Crippen LogP contribution in [0, 0.1) is 13.8 Å². The fourth-order valence-electron chi connectivity index (χ4n) is 5.94. The van der Waals surface area contributed by atoms with Gasteiger partial charge in [-0.3, -0.25) is 4.79 Å². The number of hydrogen-bond acceptors (Lipinski definition) is 9.